The van der Waals surface area contributed by atoms with Crippen LogP contribution in [-0.2, 0) is 9.84 Å². The Labute approximate surface area is 56.4 Å². The van der Waals surface area contributed by atoms with Crippen LogP contribution in [0.5, 0.6) is 0 Å². The van der Waals surface area contributed by atoms with Crippen molar-refractivity contribution in [2.45, 2.75) is 13.8 Å². The van der Waals surface area contributed by atoms with Crippen molar-refractivity contribution in [3.8, 4) is 0 Å². The number of nitrogens with one attached hydrogen (secondary N) is 1. The van der Waals surface area contributed by atoms with Gasteiger partial charge in [0.1, 0.15) is 0 Å². The van der Waals surface area contributed by atoms with E-state index in [1.165, 1.54) is 0 Å². The molecule has 0 rings (SSSR count). The average molecular weight is 151 g/mol. The molecule has 0 aliphatic heterocycles. The Morgan fingerprint density at radius 1 is 1.33 bits per heavy atom. The van der Waals surface area contributed by atoms with E-state index in [0.717, 1.165) is 0 Å². The summed E-state index contributed by atoms with van der Waals surface area (Å²) in [7, 11) is -2.79. The average Bonchev–Trinajstić information content (AvgIpc) is 1.84. The molecule has 1 N–H and O–H groups in total. The first-order chi connectivity index (χ1) is 4.12. The largest absolute Gasteiger partial charge is 0.304 e. The summed E-state index contributed by atoms with van der Waals surface area (Å²) in [5.74, 6) is 0.333. The number of sulfone groups is 1. The summed E-state index contributed by atoms with van der Waals surface area (Å²) in [5, 5.41) is 2.75. The first-order valence-corrected chi connectivity index (χ1v) is 4.85. The van der Waals surface area contributed by atoms with Crippen molar-refractivity contribution in [3.05, 3.63) is 0 Å². The minimum atomic E-state index is -2.79. The van der Waals surface area contributed by atoms with Gasteiger partial charge in [-0.3, -0.25) is 0 Å². The predicted molar refractivity (Wildman–Crippen MR) is 38.0 cm³/mol. The van der Waals surface area contributed by atoms with Crippen LogP contribution in [0.25, 0.3) is 0 Å². The van der Waals surface area contributed by atoms with Crippen LogP contribution in [-0.4, -0.2) is 26.6 Å². The summed E-state index contributed by atoms with van der Waals surface area (Å²) in [5.41, 5.74) is 0. The molecule has 0 bridgehead atoms. The van der Waals surface area contributed by atoms with Gasteiger partial charge in [-0.25, -0.2) is 8.42 Å². The van der Waals surface area contributed by atoms with Gasteiger partial charge in [0.25, 0.3) is 0 Å². The minimum Gasteiger partial charge on any atom is -0.304 e. The van der Waals surface area contributed by atoms with Crippen molar-refractivity contribution in [2.24, 2.45) is 0 Å². The fourth-order valence-electron chi connectivity index (χ4n) is 0.360. The van der Waals surface area contributed by atoms with Gasteiger partial charge in [-0.05, 0) is 6.54 Å². The van der Waals surface area contributed by atoms with Crippen molar-refractivity contribution in [1.82, 2.24) is 5.32 Å². The van der Waals surface area contributed by atoms with Crippen molar-refractivity contribution in [1.29, 1.82) is 0 Å². The van der Waals surface area contributed by atoms with E-state index in [0.29, 0.717) is 6.54 Å². The summed E-state index contributed by atoms with van der Waals surface area (Å²) in [4.78, 5) is 0. The fourth-order valence-corrected chi connectivity index (χ4v) is 1.08. The Bertz CT molecular complexity index is 150. The standard InChI is InChI=1S/C5H13NO2S/c1-3-6-5-9(7,8)4-2/h6H,3-5H2,1-2H3. The predicted octanol–water partition coefficient (Wildman–Crippen LogP) is -0.0119. The molecule has 0 aliphatic carbocycles. The highest BCUT2D eigenvalue weighted by atomic mass is 32.2. The molecule has 0 radical (unpaired) electrons. The lowest BCUT2D eigenvalue weighted by Gasteiger charge is -1.99. The van der Waals surface area contributed by atoms with E-state index in [2.05, 4.69) is 5.32 Å². The molecule has 56 valence electrons. The van der Waals surface area contributed by atoms with Gasteiger partial charge in [-0.15, -0.1) is 0 Å². The summed E-state index contributed by atoms with van der Waals surface area (Å²) in [6.45, 7) is 4.23. The first-order valence-electron chi connectivity index (χ1n) is 3.03. The van der Waals surface area contributed by atoms with E-state index in [1.54, 1.807) is 6.92 Å². The summed E-state index contributed by atoms with van der Waals surface area (Å²) >= 11 is 0. The van der Waals surface area contributed by atoms with Gasteiger partial charge in [0.2, 0.25) is 0 Å². The molecule has 0 aromatic rings. The van der Waals surface area contributed by atoms with Crippen LogP contribution in [0.2, 0.25) is 0 Å². The lowest BCUT2D eigenvalue weighted by atomic mass is 10.8. The van der Waals surface area contributed by atoms with Crippen molar-refractivity contribution < 1.29 is 8.42 Å². The zero-order valence-electron chi connectivity index (χ0n) is 5.85. The second-order valence-corrected chi connectivity index (χ2v) is 4.13. The van der Waals surface area contributed by atoms with Gasteiger partial charge in [0.05, 0.1) is 5.88 Å². The molecule has 4 heteroatoms. The topological polar surface area (TPSA) is 46.2 Å². The number of hydrogen-bond acceptors (Lipinski definition) is 3. The molecule has 0 aromatic heterocycles. The third kappa shape index (κ3) is 4.42. The Kier molecular flexibility index (Phi) is 3.81. The quantitative estimate of drug-likeness (QED) is 0.614. The van der Waals surface area contributed by atoms with Crippen LogP contribution >= 0.6 is 0 Å². The molecule has 0 unspecified atom stereocenters. The van der Waals surface area contributed by atoms with E-state index >= 15 is 0 Å². The Balaban J connectivity index is 3.61. The van der Waals surface area contributed by atoms with Gasteiger partial charge < -0.3 is 5.32 Å². The maximum Gasteiger partial charge on any atom is 0.162 e. The van der Waals surface area contributed by atoms with Crippen LogP contribution in [0.4, 0.5) is 0 Å². The number of rotatable bonds is 4. The smallest absolute Gasteiger partial charge is 0.162 e. The van der Waals surface area contributed by atoms with Crippen LogP contribution in [0, 0.1) is 0 Å². The summed E-state index contributed by atoms with van der Waals surface area (Å²) in [6, 6.07) is 0. The maximum absolute atomic E-state index is 10.7. The lowest BCUT2D eigenvalue weighted by molar-refractivity contribution is 0.590. The highest BCUT2D eigenvalue weighted by Crippen LogP contribution is 1.83. The highest BCUT2D eigenvalue weighted by molar-refractivity contribution is 7.91. The first kappa shape index (κ1) is 8.91. The van der Waals surface area contributed by atoms with Crippen LogP contribution in [0.3, 0.4) is 0 Å². The summed E-state index contributed by atoms with van der Waals surface area (Å²) < 4.78 is 21.4. The van der Waals surface area contributed by atoms with Crippen LogP contribution in [0.1, 0.15) is 13.8 Å². The Hall–Kier alpha value is -0.0900. The number of hydrogen-bond donors (Lipinski definition) is 1. The van der Waals surface area contributed by atoms with Crippen molar-refractivity contribution in [2.75, 3.05) is 18.2 Å². The van der Waals surface area contributed by atoms with Crippen molar-refractivity contribution >= 4 is 9.84 Å². The monoisotopic (exact) mass is 151 g/mol. The molecule has 0 saturated carbocycles. The van der Waals surface area contributed by atoms with Crippen LogP contribution in [0.15, 0.2) is 0 Å². The second kappa shape index (κ2) is 3.85. The molecule has 0 aromatic carbocycles. The van der Waals surface area contributed by atoms with Crippen LogP contribution < -0.4 is 5.32 Å². The minimum absolute atomic E-state index is 0.111. The van der Waals surface area contributed by atoms with E-state index < -0.39 is 9.84 Å². The third-order valence-electron chi connectivity index (χ3n) is 1.01. The Morgan fingerprint density at radius 3 is 2.22 bits per heavy atom. The molecule has 0 fully saturated rings. The molecule has 0 aliphatic rings. The van der Waals surface area contributed by atoms with Gasteiger partial charge in [-0.2, -0.15) is 0 Å². The maximum atomic E-state index is 10.7. The second-order valence-electron chi connectivity index (χ2n) is 1.78. The van der Waals surface area contributed by atoms with E-state index in [9.17, 15) is 8.42 Å². The third-order valence-corrected chi connectivity index (χ3v) is 2.54. The SMILES string of the molecule is CCNCS(=O)(=O)CC. The van der Waals surface area contributed by atoms with E-state index in [1.807, 2.05) is 6.92 Å². The van der Waals surface area contributed by atoms with Gasteiger partial charge in [-0.1, -0.05) is 13.8 Å². The molecular formula is C5H13NO2S. The fraction of sp³-hybridized carbons (Fsp3) is 1.00. The van der Waals surface area contributed by atoms with E-state index in [4.69, 9.17) is 0 Å². The molecule has 0 atom stereocenters. The molecule has 9 heavy (non-hydrogen) atoms. The van der Waals surface area contributed by atoms with Gasteiger partial charge in [0, 0.05) is 5.75 Å². The molecule has 0 heterocycles. The highest BCUT2D eigenvalue weighted by Gasteiger charge is 2.03. The molecular weight excluding hydrogens is 138 g/mol. The molecule has 0 saturated heterocycles. The summed E-state index contributed by atoms with van der Waals surface area (Å²) in [6.07, 6.45) is 0. The van der Waals surface area contributed by atoms with Crippen molar-refractivity contribution in [3.63, 3.8) is 0 Å². The molecule has 0 amide bonds. The Morgan fingerprint density at radius 2 is 1.89 bits per heavy atom. The zero-order valence-corrected chi connectivity index (χ0v) is 6.66. The van der Waals surface area contributed by atoms with E-state index in [-0.39, 0.29) is 11.6 Å². The zero-order chi connectivity index (χ0) is 7.33. The lowest BCUT2D eigenvalue weighted by Crippen LogP contribution is -2.23. The van der Waals surface area contributed by atoms with Gasteiger partial charge >= 0.3 is 0 Å². The van der Waals surface area contributed by atoms with Gasteiger partial charge in [0.15, 0.2) is 9.84 Å². The molecule has 0 spiro atoms. The normalized spacial score (nSPS) is 11.8. The molecule has 3 nitrogen and oxygen atoms in total.